The van der Waals surface area contributed by atoms with Gasteiger partial charge in [-0.3, -0.25) is 4.79 Å². The zero-order valence-electron chi connectivity index (χ0n) is 16.7. The molecule has 6 nitrogen and oxygen atoms in total. The van der Waals surface area contributed by atoms with Crippen LogP contribution in [-0.2, 0) is 4.74 Å². The number of carbonyl (C=O) groups excluding carboxylic acids is 2. The van der Waals surface area contributed by atoms with Crippen molar-refractivity contribution >= 4 is 11.8 Å². The fourth-order valence-corrected chi connectivity index (χ4v) is 2.63. The maximum atomic E-state index is 12.6. The topological polar surface area (TPSA) is 71.1 Å². The van der Waals surface area contributed by atoms with Crippen molar-refractivity contribution in [2.45, 2.75) is 33.8 Å². The van der Waals surface area contributed by atoms with Crippen LogP contribution in [0.4, 0.5) is 0 Å². The van der Waals surface area contributed by atoms with Crippen LogP contribution in [0.5, 0.6) is 17.2 Å². The summed E-state index contributed by atoms with van der Waals surface area (Å²) in [5.41, 5.74) is 0.711. The van der Waals surface area contributed by atoms with Gasteiger partial charge in [0, 0.05) is 5.56 Å². The molecule has 150 valence electrons. The molecule has 0 aromatic heterocycles. The maximum absolute atomic E-state index is 12.6. The Bertz CT molecular complexity index is 773. The molecule has 0 aliphatic rings. The average molecular weight is 386 g/mol. The Morgan fingerprint density at radius 2 is 1.36 bits per heavy atom. The third kappa shape index (κ3) is 5.25. The minimum Gasteiger partial charge on any atom is -0.490 e. The molecule has 1 unspecified atom stereocenters. The van der Waals surface area contributed by atoms with E-state index in [2.05, 4.69) is 0 Å². The number of rotatable bonds is 10. The first-order valence-electron chi connectivity index (χ1n) is 9.38. The largest absolute Gasteiger partial charge is 0.490 e. The number of hydrogen-bond acceptors (Lipinski definition) is 6. The van der Waals surface area contributed by atoms with Gasteiger partial charge in [0.05, 0.1) is 25.4 Å². The Morgan fingerprint density at radius 1 is 0.821 bits per heavy atom. The van der Waals surface area contributed by atoms with Crippen molar-refractivity contribution in [2.24, 2.45) is 0 Å². The molecule has 6 heteroatoms. The predicted molar refractivity (Wildman–Crippen MR) is 106 cm³/mol. The second kappa shape index (κ2) is 10.3. The number of hydrogen-bond donors (Lipinski definition) is 0. The lowest BCUT2D eigenvalue weighted by Crippen LogP contribution is -2.24. The van der Waals surface area contributed by atoms with Gasteiger partial charge in [0.25, 0.3) is 0 Å². The summed E-state index contributed by atoms with van der Waals surface area (Å²) >= 11 is 0. The van der Waals surface area contributed by atoms with Gasteiger partial charge >= 0.3 is 5.97 Å². The van der Waals surface area contributed by atoms with Gasteiger partial charge < -0.3 is 18.9 Å². The summed E-state index contributed by atoms with van der Waals surface area (Å²) in [6.07, 6.45) is -0.924. The Labute approximate surface area is 165 Å². The van der Waals surface area contributed by atoms with E-state index < -0.39 is 12.1 Å². The van der Waals surface area contributed by atoms with Gasteiger partial charge in [-0.2, -0.15) is 0 Å². The summed E-state index contributed by atoms with van der Waals surface area (Å²) in [5.74, 6) is 0.321. The van der Waals surface area contributed by atoms with Crippen LogP contribution in [0.1, 0.15) is 48.4 Å². The molecule has 2 aromatic rings. The molecule has 0 spiro atoms. The SMILES string of the molecule is CCOc1cc(C(=O)OC(C)C(=O)c2ccccc2)cc(OCC)c1OCC. The van der Waals surface area contributed by atoms with Gasteiger partial charge in [0.1, 0.15) is 0 Å². The number of ether oxygens (including phenoxy) is 4. The van der Waals surface area contributed by atoms with E-state index in [-0.39, 0.29) is 11.3 Å². The molecule has 0 aliphatic heterocycles. The van der Waals surface area contributed by atoms with Crippen LogP contribution in [0.25, 0.3) is 0 Å². The Balaban J connectivity index is 2.27. The molecule has 2 aromatic carbocycles. The number of carbonyl (C=O) groups is 2. The molecule has 0 aliphatic carbocycles. The van der Waals surface area contributed by atoms with Crippen molar-refractivity contribution in [3.63, 3.8) is 0 Å². The molecular weight excluding hydrogens is 360 g/mol. The summed E-state index contributed by atoms with van der Waals surface area (Å²) in [7, 11) is 0. The standard InChI is InChI=1S/C22H26O6/c1-5-25-18-13-17(14-19(26-6-2)21(18)27-7-3)22(24)28-15(4)20(23)16-11-9-8-10-12-16/h8-15H,5-7H2,1-4H3. The highest BCUT2D eigenvalue weighted by Gasteiger charge is 2.23. The minimum absolute atomic E-state index is 0.225. The number of benzene rings is 2. The van der Waals surface area contributed by atoms with Crippen LogP contribution in [-0.4, -0.2) is 37.7 Å². The smallest absolute Gasteiger partial charge is 0.339 e. The van der Waals surface area contributed by atoms with Crippen LogP contribution < -0.4 is 14.2 Å². The normalized spacial score (nSPS) is 11.4. The quantitative estimate of drug-likeness (QED) is 0.448. The summed E-state index contributed by atoms with van der Waals surface area (Å²) in [5, 5.41) is 0. The molecule has 0 radical (unpaired) electrons. The van der Waals surface area contributed by atoms with Gasteiger partial charge in [-0.25, -0.2) is 4.79 Å². The van der Waals surface area contributed by atoms with Crippen LogP contribution >= 0.6 is 0 Å². The molecule has 1 atom stereocenters. The van der Waals surface area contributed by atoms with Gasteiger partial charge in [0.2, 0.25) is 11.5 Å². The van der Waals surface area contributed by atoms with Crippen molar-refractivity contribution in [3.05, 3.63) is 53.6 Å². The summed E-state index contributed by atoms with van der Waals surface area (Å²) in [4.78, 5) is 25.1. The number of esters is 1. The van der Waals surface area contributed by atoms with E-state index in [1.165, 1.54) is 0 Å². The fourth-order valence-electron chi connectivity index (χ4n) is 2.63. The molecule has 0 N–H and O–H groups in total. The average Bonchev–Trinajstić information content (AvgIpc) is 2.70. The van der Waals surface area contributed by atoms with Crippen molar-refractivity contribution in [1.29, 1.82) is 0 Å². The second-order valence-corrected chi connectivity index (χ2v) is 5.88. The molecule has 28 heavy (non-hydrogen) atoms. The van der Waals surface area contributed by atoms with Crippen LogP contribution in [0.15, 0.2) is 42.5 Å². The van der Waals surface area contributed by atoms with E-state index in [4.69, 9.17) is 18.9 Å². The number of Topliss-reactive ketones (excluding diaryl/α,β-unsaturated/α-hetero) is 1. The first-order chi connectivity index (χ1) is 13.5. The Hall–Kier alpha value is -3.02. The van der Waals surface area contributed by atoms with E-state index in [0.717, 1.165) is 0 Å². The lowest BCUT2D eigenvalue weighted by Gasteiger charge is -2.18. The first-order valence-corrected chi connectivity index (χ1v) is 9.38. The zero-order valence-corrected chi connectivity index (χ0v) is 16.7. The van der Waals surface area contributed by atoms with Crippen molar-refractivity contribution < 1.29 is 28.5 Å². The Kier molecular flexibility index (Phi) is 7.87. The van der Waals surface area contributed by atoms with Gasteiger partial charge in [-0.1, -0.05) is 30.3 Å². The lowest BCUT2D eigenvalue weighted by atomic mass is 10.1. The van der Waals surface area contributed by atoms with E-state index in [1.807, 2.05) is 26.8 Å². The highest BCUT2D eigenvalue weighted by atomic mass is 16.6. The second-order valence-electron chi connectivity index (χ2n) is 5.88. The molecule has 0 saturated carbocycles. The minimum atomic E-state index is -0.924. The van der Waals surface area contributed by atoms with Crippen LogP contribution in [0.3, 0.4) is 0 Å². The molecular formula is C22H26O6. The maximum Gasteiger partial charge on any atom is 0.339 e. The third-order valence-electron chi connectivity index (χ3n) is 3.86. The summed E-state index contributed by atoms with van der Waals surface area (Å²) in [6, 6.07) is 11.8. The predicted octanol–water partition coefficient (Wildman–Crippen LogP) is 4.31. The van der Waals surface area contributed by atoms with Gasteiger partial charge in [-0.15, -0.1) is 0 Å². The highest BCUT2D eigenvalue weighted by molar-refractivity contribution is 6.01. The van der Waals surface area contributed by atoms with Gasteiger partial charge in [0.15, 0.2) is 17.6 Å². The summed E-state index contributed by atoms with van der Waals surface area (Å²) < 4.78 is 22.2. The molecule has 0 saturated heterocycles. The fraction of sp³-hybridized carbons (Fsp3) is 0.364. The highest BCUT2D eigenvalue weighted by Crippen LogP contribution is 2.39. The third-order valence-corrected chi connectivity index (χ3v) is 3.86. The van der Waals surface area contributed by atoms with E-state index in [9.17, 15) is 9.59 Å². The Morgan fingerprint density at radius 3 is 1.86 bits per heavy atom. The van der Waals surface area contributed by atoms with Crippen LogP contribution in [0.2, 0.25) is 0 Å². The molecule has 0 heterocycles. The van der Waals surface area contributed by atoms with Gasteiger partial charge in [-0.05, 0) is 39.8 Å². The number of ketones is 1. The first kappa shape index (κ1) is 21.3. The van der Waals surface area contributed by atoms with E-state index in [1.54, 1.807) is 43.3 Å². The molecule has 0 amide bonds. The van der Waals surface area contributed by atoms with Crippen molar-refractivity contribution in [3.8, 4) is 17.2 Å². The summed E-state index contributed by atoms with van der Waals surface area (Å²) in [6.45, 7) is 8.29. The monoisotopic (exact) mass is 386 g/mol. The van der Waals surface area contributed by atoms with E-state index >= 15 is 0 Å². The zero-order chi connectivity index (χ0) is 20.5. The van der Waals surface area contributed by atoms with Crippen molar-refractivity contribution in [1.82, 2.24) is 0 Å². The van der Waals surface area contributed by atoms with E-state index in [0.29, 0.717) is 42.6 Å². The van der Waals surface area contributed by atoms with Crippen LogP contribution in [0, 0.1) is 0 Å². The lowest BCUT2D eigenvalue weighted by molar-refractivity contribution is 0.0318. The van der Waals surface area contributed by atoms with Crippen molar-refractivity contribution in [2.75, 3.05) is 19.8 Å². The molecule has 2 rings (SSSR count). The molecule has 0 bridgehead atoms. The molecule has 0 fully saturated rings.